The Morgan fingerprint density at radius 3 is 2.08 bits per heavy atom. The van der Waals surface area contributed by atoms with Gasteiger partial charge < -0.3 is 32.1 Å². The van der Waals surface area contributed by atoms with Crippen LogP contribution in [0.3, 0.4) is 0 Å². The number of nitrogen functional groups attached to an aromatic ring is 1. The summed E-state index contributed by atoms with van der Waals surface area (Å²) in [6.07, 6.45) is 9.58. The standard InChI is InChI=1S/C52H59N9OS/c1-35(2)45(55)29-15-36(3)51(57-34-53)59-46-32-42(24-30-48(46)63-44-27-25-43(54)26-28-44)39-18-16-37(17-19-39)38-20-22-40(23-21-38)47-33-56-49(58-47)14-10-11-31-61(6)52(62)50(60(4)5)41-12-8-7-9-13-41/h7-9,12-13,15-30,32-35,50,55,59H,10-11,14,31,54H2,1-6H3,(H2,53,57)(H,56,58)/b29-15-,51-36-,55-45?. The third-order valence-corrected chi connectivity index (χ3v) is 11.9. The normalized spacial score (nSPS) is 12.6. The molecular weight excluding hydrogens is 799 g/mol. The number of benzene rings is 5. The molecule has 7 N–H and O–H groups in total. The van der Waals surface area contributed by atoms with Crippen molar-refractivity contribution >= 4 is 41.1 Å². The van der Waals surface area contributed by atoms with E-state index in [2.05, 4.69) is 82.0 Å². The number of aliphatic imine (C=N–C) groups is 1. The van der Waals surface area contributed by atoms with Gasteiger partial charge in [0.2, 0.25) is 5.91 Å². The Hall–Kier alpha value is -6.69. The molecule has 1 heterocycles. The molecule has 0 aliphatic rings. The maximum absolute atomic E-state index is 13.3. The number of likely N-dealkylation sites (N-methyl/N-ethyl adjacent to an activating group) is 2. The number of imidazole rings is 1. The van der Waals surface area contributed by atoms with E-state index in [1.165, 1.54) is 6.34 Å². The molecule has 1 unspecified atom stereocenters. The lowest BCUT2D eigenvalue weighted by molar-refractivity contribution is -0.135. The average Bonchev–Trinajstić information content (AvgIpc) is 3.77. The van der Waals surface area contributed by atoms with Gasteiger partial charge in [-0.1, -0.05) is 117 Å². The number of hydrogen-bond donors (Lipinski definition) is 5. The minimum Gasteiger partial charge on any atom is -0.399 e. The summed E-state index contributed by atoms with van der Waals surface area (Å²) in [6.45, 7) is 6.64. The number of anilines is 2. The summed E-state index contributed by atoms with van der Waals surface area (Å²) in [7, 11) is 5.78. The summed E-state index contributed by atoms with van der Waals surface area (Å²) < 4.78 is 0. The molecule has 0 spiro atoms. The number of carbonyl (C=O) groups is 1. The maximum Gasteiger partial charge on any atom is 0.244 e. The number of rotatable bonds is 19. The largest absolute Gasteiger partial charge is 0.399 e. The van der Waals surface area contributed by atoms with Crippen molar-refractivity contribution in [2.45, 2.75) is 55.9 Å². The van der Waals surface area contributed by atoms with Crippen molar-refractivity contribution < 1.29 is 4.79 Å². The van der Waals surface area contributed by atoms with Crippen LogP contribution in [0.1, 0.15) is 51.0 Å². The van der Waals surface area contributed by atoms with E-state index in [0.717, 1.165) is 85.2 Å². The molecule has 0 aliphatic heterocycles. The van der Waals surface area contributed by atoms with Crippen LogP contribution in [-0.4, -0.2) is 65.4 Å². The van der Waals surface area contributed by atoms with Crippen molar-refractivity contribution in [3.8, 4) is 33.5 Å². The number of nitrogens with two attached hydrogens (primary N) is 2. The molecule has 0 radical (unpaired) electrons. The molecular formula is C52H59N9OS. The van der Waals surface area contributed by atoms with Crippen molar-refractivity contribution in [1.82, 2.24) is 19.8 Å². The summed E-state index contributed by atoms with van der Waals surface area (Å²) in [5, 5.41) is 11.8. The van der Waals surface area contributed by atoms with Gasteiger partial charge in [0.15, 0.2) is 0 Å². The lowest BCUT2D eigenvalue weighted by atomic mass is 9.99. The Morgan fingerprint density at radius 1 is 0.841 bits per heavy atom. The van der Waals surface area contributed by atoms with Crippen molar-refractivity contribution in [2.75, 3.05) is 38.7 Å². The van der Waals surface area contributed by atoms with Gasteiger partial charge in [-0.2, -0.15) is 0 Å². The van der Waals surface area contributed by atoms with Gasteiger partial charge in [-0.15, -0.1) is 0 Å². The van der Waals surface area contributed by atoms with Gasteiger partial charge in [0.1, 0.15) is 17.7 Å². The zero-order chi connectivity index (χ0) is 44.9. The Labute approximate surface area is 376 Å². The molecule has 0 fully saturated rings. The summed E-state index contributed by atoms with van der Waals surface area (Å²) in [6, 6.07) is 40.9. The number of unbranched alkanes of at least 4 members (excludes halogenated alkanes) is 1. The van der Waals surface area contributed by atoms with Crippen LogP contribution in [0.15, 0.2) is 166 Å². The molecule has 0 saturated carbocycles. The van der Waals surface area contributed by atoms with Crippen LogP contribution < -0.4 is 16.8 Å². The van der Waals surface area contributed by atoms with Gasteiger partial charge in [-0.25, -0.2) is 9.98 Å². The first-order valence-corrected chi connectivity index (χ1v) is 22.1. The monoisotopic (exact) mass is 857 g/mol. The van der Waals surface area contributed by atoms with E-state index in [1.54, 1.807) is 17.8 Å². The number of aromatic nitrogens is 2. The third kappa shape index (κ3) is 12.5. The van der Waals surface area contributed by atoms with E-state index in [9.17, 15) is 4.79 Å². The smallest absolute Gasteiger partial charge is 0.244 e. The lowest BCUT2D eigenvalue weighted by Crippen LogP contribution is -2.38. The van der Waals surface area contributed by atoms with Gasteiger partial charge in [0, 0.05) is 53.0 Å². The van der Waals surface area contributed by atoms with Gasteiger partial charge in [-0.05, 0) is 116 Å². The fraction of sp³-hybridized carbons (Fsp3) is 0.231. The van der Waals surface area contributed by atoms with E-state index in [-0.39, 0.29) is 17.9 Å². The zero-order valence-electron chi connectivity index (χ0n) is 37.1. The molecule has 1 atom stereocenters. The molecule has 324 valence electrons. The topological polar surface area (TPSA) is 153 Å². The van der Waals surface area contributed by atoms with Crippen LogP contribution in [0, 0.1) is 11.3 Å². The molecule has 1 aromatic heterocycles. The highest BCUT2D eigenvalue weighted by atomic mass is 32.2. The quantitative estimate of drug-likeness (QED) is 0.0179. The minimum atomic E-state index is -0.299. The molecule has 11 heteroatoms. The summed E-state index contributed by atoms with van der Waals surface area (Å²) >= 11 is 1.63. The van der Waals surface area contributed by atoms with Gasteiger partial charge >= 0.3 is 0 Å². The Bertz CT molecular complexity index is 2540. The van der Waals surface area contributed by atoms with E-state index >= 15 is 0 Å². The first kappa shape index (κ1) is 45.8. The summed E-state index contributed by atoms with van der Waals surface area (Å²) in [5.41, 5.74) is 22.1. The number of hydrogen-bond acceptors (Lipinski definition) is 8. The van der Waals surface area contributed by atoms with E-state index in [4.69, 9.17) is 21.9 Å². The van der Waals surface area contributed by atoms with Gasteiger partial charge in [0.05, 0.1) is 17.7 Å². The minimum absolute atomic E-state index is 0.103. The zero-order valence-corrected chi connectivity index (χ0v) is 37.9. The number of nitrogens with one attached hydrogen (secondary N) is 3. The van der Waals surface area contributed by atoms with Crippen LogP contribution in [0.2, 0.25) is 0 Å². The Kier molecular flexibility index (Phi) is 15.9. The number of allylic oxidation sites excluding steroid dienone is 3. The molecule has 0 saturated heterocycles. The van der Waals surface area contributed by atoms with Crippen LogP contribution in [-0.2, 0) is 11.2 Å². The van der Waals surface area contributed by atoms with Crippen molar-refractivity contribution in [3.63, 3.8) is 0 Å². The summed E-state index contributed by atoms with van der Waals surface area (Å²) in [4.78, 5) is 31.9. The molecule has 5 aromatic carbocycles. The molecule has 63 heavy (non-hydrogen) atoms. The predicted octanol–water partition coefficient (Wildman–Crippen LogP) is 11.1. The second kappa shape index (κ2) is 21.9. The lowest BCUT2D eigenvalue weighted by Gasteiger charge is -2.28. The number of carbonyl (C=O) groups excluding carboxylic acids is 1. The molecule has 6 aromatic rings. The molecule has 1 amide bonds. The number of H-pyrrole nitrogens is 1. The fourth-order valence-corrected chi connectivity index (χ4v) is 7.95. The van der Waals surface area contributed by atoms with E-state index in [1.807, 2.05) is 119 Å². The fourth-order valence-electron chi connectivity index (χ4n) is 7.06. The van der Waals surface area contributed by atoms with Crippen LogP contribution in [0.25, 0.3) is 33.5 Å². The van der Waals surface area contributed by atoms with Crippen LogP contribution >= 0.6 is 11.8 Å². The molecule has 6 rings (SSSR count). The van der Waals surface area contributed by atoms with E-state index in [0.29, 0.717) is 23.8 Å². The highest BCUT2D eigenvalue weighted by Crippen LogP contribution is 2.38. The SMILES string of the molecule is CC(/C=C\C(=N)C(C)C)=C(\N=C/N)Nc1cc(-c2ccc(-c3ccc(-c4c[nH]c(CCCCN(C)C(=O)C(c5ccccc5)N(C)C)n4)cc3)cc2)ccc1Sc1ccc(N)cc1. The number of aryl methyl sites for hydroxylation is 1. The number of aromatic amines is 1. The van der Waals surface area contributed by atoms with Crippen molar-refractivity contribution in [2.24, 2.45) is 16.6 Å². The first-order chi connectivity index (χ1) is 30.4. The molecule has 10 nitrogen and oxygen atoms in total. The van der Waals surface area contributed by atoms with Crippen LogP contribution in [0.4, 0.5) is 11.4 Å². The number of nitrogens with zero attached hydrogens (tertiary/aromatic N) is 4. The average molecular weight is 858 g/mol. The molecule has 0 aliphatic carbocycles. The second-order valence-corrected chi connectivity index (χ2v) is 17.3. The van der Waals surface area contributed by atoms with E-state index < -0.39 is 0 Å². The third-order valence-electron chi connectivity index (χ3n) is 10.8. The van der Waals surface area contributed by atoms with Crippen molar-refractivity contribution in [3.05, 3.63) is 162 Å². The first-order valence-electron chi connectivity index (χ1n) is 21.3. The van der Waals surface area contributed by atoms with Crippen molar-refractivity contribution in [1.29, 1.82) is 5.41 Å². The Balaban J connectivity index is 1.11. The molecule has 0 bridgehead atoms. The van der Waals surface area contributed by atoms with Gasteiger partial charge in [0.25, 0.3) is 0 Å². The number of amides is 1. The van der Waals surface area contributed by atoms with Crippen LogP contribution in [0.5, 0.6) is 0 Å². The predicted molar refractivity (Wildman–Crippen MR) is 264 cm³/mol. The van der Waals surface area contributed by atoms with Gasteiger partial charge in [-0.3, -0.25) is 9.69 Å². The highest BCUT2D eigenvalue weighted by molar-refractivity contribution is 7.99. The maximum atomic E-state index is 13.3. The summed E-state index contributed by atoms with van der Waals surface area (Å²) in [5.74, 6) is 1.76. The second-order valence-electron chi connectivity index (χ2n) is 16.1. The highest BCUT2D eigenvalue weighted by Gasteiger charge is 2.25. The Morgan fingerprint density at radius 2 is 1.46 bits per heavy atom.